The van der Waals surface area contributed by atoms with E-state index in [0.29, 0.717) is 4.47 Å². The minimum absolute atomic E-state index is 0.0273. The number of methoxy groups -OCH3 is 1. The summed E-state index contributed by atoms with van der Waals surface area (Å²) in [6.45, 7) is 1.57. The zero-order valence-electron chi connectivity index (χ0n) is 10.2. The first-order chi connectivity index (χ1) is 8.37. The van der Waals surface area contributed by atoms with Gasteiger partial charge in [0.25, 0.3) is 5.91 Å². The SMILES string of the molecule is COC[C@](C)(O)CNC(=O)c1c(F)cccc1Br. The molecule has 6 heteroatoms. The molecule has 0 aliphatic heterocycles. The van der Waals surface area contributed by atoms with Gasteiger partial charge in [-0.25, -0.2) is 4.39 Å². The van der Waals surface area contributed by atoms with E-state index in [0.717, 1.165) is 0 Å². The maximum Gasteiger partial charge on any atom is 0.255 e. The van der Waals surface area contributed by atoms with Crippen molar-refractivity contribution in [3.8, 4) is 0 Å². The zero-order chi connectivity index (χ0) is 13.8. The largest absolute Gasteiger partial charge is 0.386 e. The monoisotopic (exact) mass is 319 g/mol. The van der Waals surface area contributed by atoms with Gasteiger partial charge in [-0.15, -0.1) is 0 Å². The van der Waals surface area contributed by atoms with Crippen LogP contribution in [0.2, 0.25) is 0 Å². The Labute approximate surface area is 113 Å². The molecule has 0 saturated carbocycles. The fourth-order valence-corrected chi connectivity index (χ4v) is 1.96. The molecule has 0 radical (unpaired) electrons. The van der Waals surface area contributed by atoms with Crippen molar-refractivity contribution in [1.82, 2.24) is 5.32 Å². The molecule has 0 unspecified atom stereocenters. The number of carbonyl (C=O) groups excluding carboxylic acids is 1. The number of nitrogens with one attached hydrogen (secondary N) is 1. The lowest BCUT2D eigenvalue weighted by molar-refractivity contribution is -0.0147. The van der Waals surface area contributed by atoms with Crippen molar-refractivity contribution < 1.29 is 19.0 Å². The molecular formula is C12H15BrFNO3. The van der Waals surface area contributed by atoms with E-state index >= 15 is 0 Å². The second kappa shape index (κ2) is 6.26. The highest BCUT2D eigenvalue weighted by Gasteiger charge is 2.23. The van der Waals surface area contributed by atoms with E-state index in [-0.39, 0.29) is 18.7 Å². The van der Waals surface area contributed by atoms with Crippen LogP contribution in [0.1, 0.15) is 17.3 Å². The molecule has 100 valence electrons. The zero-order valence-corrected chi connectivity index (χ0v) is 11.8. The number of amides is 1. The Bertz CT molecular complexity index is 417. The maximum absolute atomic E-state index is 13.5. The predicted molar refractivity (Wildman–Crippen MR) is 68.9 cm³/mol. The lowest BCUT2D eigenvalue weighted by Crippen LogP contribution is -2.44. The summed E-state index contributed by atoms with van der Waals surface area (Å²) in [5.41, 5.74) is -1.27. The van der Waals surface area contributed by atoms with Gasteiger partial charge >= 0.3 is 0 Å². The van der Waals surface area contributed by atoms with Gasteiger partial charge in [0.05, 0.1) is 12.2 Å². The van der Waals surface area contributed by atoms with Crippen LogP contribution in [0.25, 0.3) is 0 Å². The minimum Gasteiger partial charge on any atom is -0.386 e. The van der Waals surface area contributed by atoms with E-state index in [9.17, 15) is 14.3 Å². The van der Waals surface area contributed by atoms with E-state index in [2.05, 4.69) is 21.2 Å². The average molecular weight is 320 g/mol. The number of aliphatic hydroxyl groups is 1. The van der Waals surface area contributed by atoms with Crippen LogP contribution in [0, 0.1) is 5.82 Å². The van der Waals surface area contributed by atoms with Crippen molar-refractivity contribution in [2.75, 3.05) is 20.3 Å². The van der Waals surface area contributed by atoms with Crippen LogP contribution in [-0.2, 0) is 4.74 Å². The third kappa shape index (κ3) is 4.04. The van der Waals surface area contributed by atoms with Crippen molar-refractivity contribution in [2.24, 2.45) is 0 Å². The summed E-state index contributed by atoms with van der Waals surface area (Å²) in [4.78, 5) is 11.8. The van der Waals surface area contributed by atoms with Gasteiger partial charge in [-0.2, -0.15) is 0 Å². The summed E-state index contributed by atoms with van der Waals surface area (Å²) in [7, 11) is 1.45. The highest BCUT2D eigenvalue weighted by atomic mass is 79.9. The second-order valence-corrected chi connectivity index (χ2v) is 5.06. The fourth-order valence-electron chi connectivity index (χ4n) is 1.44. The van der Waals surface area contributed by atoms with Gasteiger partial charge in [-0.3, -0.25) is 4.79 Å². The first-order valence-electron chi connectivity index (χ1n) is 5.31. The number of hydrogen-bond acceptors (Lipinski definition) is 3. The Hall–Kier alpha value is -0.980. The summed E-state index contributed by atoms with van der Waals surface area (Å²) in [5.74, 6) is -1.20. The number of carbonyl (C=O) groups is 1. The Morgan fingerprint density at radius 1 is 1.61 bits per heavy atom. The number of benzene rings is 1. The van der Waals surface area contributed by atoms with E-state index < -0.39 is 17.3 Å². The number of halogens is 2. The Morgan fingerprint density at radius 3 is 2.83 bits per heavy atom. The van der Waals surface area contributed by atoms with Crippen molar-refractivity contribution in [3.63, 3.8) is 0 Å². The molecule has 0 bridgehead atoms. The van der Waals surface area contributed by atoms with Crippen LogP contribution >= 0.6 is 15.9 Å². The summed E-state index contributed by atoms with van der Waals surface area (Å²) >= 11 is 3.11. The van der Waals surface area contributed by atoms with Crippen LogP contribution < -0.4 is 5.32 Å². The van der Waals surface area contributed by atoms with Gasteiger partial charge in [0, 0.05) is 18.1 Å². The first-order valence-corrected chi connectivity index (χ1v) is 6.10. The van der Waals surface area contributed by atoms with Gasteiger partial charge in [-0.1, -0.05) is 6.07 Å². The summed E-state index contributed by atoms with van der Waals surface area (Å²) in [6.07, 6.45) is 0. The van der Waals surface area contributed by atoms with Crippen molar-refractivity contribution in [2.45, 2.75) is 12.5 Å². The molecule has 1 atom stereocenters. The quantitative estimate of drug-likeness (QED) is 0.868. The predicted octanol–water partition coefficient (Wildman–Crippen LogP) is 1.72. The first kappa shape index (κ1) is 15.1. The van der Waals surface area contributed by atoms with E-state index in [1.165, 1.54) is 26.2 Å². The number of hydrogen-bond donors (Lipinski definition) is 2. The molecular weight excluding hydrogens is 305 g/mol. The molecule has 0 aromatic heterocycles. The third-order valence-corrected chi connectivity index (χ3v) is 2.94. The molecule has 2 N–H and O–H groups in total. The normalized spacial score (nSPS) is 14.1. The van der Waals surface area contributed by atoms with Gasteiger partial charge < -0.3 is 15.2 Å². The molecule has 1 aromatic rings. The molecule has 1 amide bonds. The average Bonchev–Trinajstić information content (AvgIpc) is 2.26. The molecule has 0 heterocycles. The molecule has 18 heavy (non-hydrogen) atoms. The Morgan fingerprint density at radius 2 is 2.28 bits per heavy atom. The van der Waals surface area contributed by atoms with Crippen molar-refractivity contribution in [1.29, 1.82) is 0 Å². The molecule has 0 aliphatic rings. The molecule has 0 fully saturated rings. The molecule has 0 spiro atoms. The van der Waals surface area contributed by atoms with Crippen LogP contribution in [0.15, 0.2) is 22.7 Å². The summed E-state index contributed by atoms with van der Waals surface area (Å²) in [6, 6.07) is 4.27. The van der Waals surface area contributed by atoms with Gasteiger partial charge in [-0.05, 0) is 35.0 Å². The number of rotatable bonds is 5. The van der Waals surface area contributed by atoms with E-state index in [4.69, 9.17) is 4.74 Å². The minimum atomic E-state index is -1.19. The number of ether oxygens (including phenoxy) is 1. The van der Waals surface area contributed by atoms with Gasteiger partial charge in [0.2, 0.25) is 0 Å². The molecule has 0 aliphatic carbocycles. The van der Waals surface area contributed by atoms with Crippen molar-refractivity contribution in [3.05, 3.63) is 34.1 Å². The smallest absolute Gasteiger partial charge is 0.255 e. The molecule has 0 saturated heterocycles. The summed E-state index contributed by atoms with van der Waals surface area (Å²) < 4.78 is 18.7. The highest BCUT2D eigenvalue weighted by molar-refractivity contribution is 9.10. The van der Waals surface area contributed by atoms with E-state index in [1.807, 2.05) is 0 Å². The highest BCUT2D eigenvalue weighted by Crippen LogP contribution is 2.19. The van der Waals surface area contributed by atoms with Gasteiger partial charge in [0.15, 0.2) is 0 Å². The van der Waals surface area contributed by atoms with E-state index in [1.54, 1.807) is 6.07 Å². The maximum atomic E-state index is 13.5. The Kier molecular flexibility index (Phi) is 5.25. The Balaban J connectivity index is 2.72. The molecule has 4 nitrogen and oxygen atoms in total. The molecule has 1 aromatic carbocycles. The lowest BCUT2D eigenvalue weighted by atomic mass is 10.1. The fraction of sp³-hybridized carbons (Fsp3) is 0.417. The summed E-state index contributed by atoms with van der Waals surface area (Å²) in [5, 5.41) is 12.3. The second-order valence-electron chi connectivity index (χ2n) is 4.21. The van der Waals surface area contributed by atoms with Crippen LogP contribution in [0.5, 0.6) is 0 Å². The molecule has 1 rings (SSSR count). The standard InChI is InChI=1S/C12H15BrFNO3/c1-12(17,7-18-2)6-15-11(16)10-8(13)4-3-5-9(10)14/h3-5,17H,6-7H2,1-2H3,(H,15,16)/t12-/m1/s1. The van der Waals surface area contributed by atoms with Crippen LogP contribution in [0.3, 0.4) is 0 Å². The van der Waals surface area contributed by atoms with Crippen LogP contribution in [0.4, 0.5) is 4.39 Å². The van der Waals surface area contributed by atoms with Crippen molar-refractivity contribution >= 4 is 21.8 Å². The van der Waals surface area contributed by atoms with Crippen LogP contribution in [-0.4, -0.2) is 36.9 Å². The third-order valence-electron chi connectivity index (χ3n) is 2.27. The van der Waals surface area contributed by atoms with Gasteiger partial charge in [0.1, 0.15) is 11.4 Å². The lowest BCUT2D eigenvalue weighted by Gasteiger charge is -2.22. The topological polar surface area (TPSA) is 58.6 Å².